The molecule has 0 bridgehead atoms. The molecule has 4 rings (SSSR count). The van der Waals surface area contributed by atoms with E-state index in [1.807, 2.05) is 0 Å². The number of nitrogens with zero attached hydrogens (tertiary/aromatic N) is 3. The highest BCUT2D eigenvalue weighted by molar-refractivity contribution is 7.15. The van der Waals surface area contributed by atoms with Gasteiger partial charge in [-0.3, -0.25) is 15.1 Å². The molecule has 0 fully saturated rings. The van der Waals surface area contributed by atoms with Crippen LogP contribution in [-0.2, 0) is 6.61 Å². The lowest BCUT2D eigenvalue weighted by Crippen LogP contribution is -2.14. The third-order valence-corrected chi connectivity index (χ3v) is 6.01. The van der Waals surface area contributed by atoms with Crippen LogP contribution in [0.15, 0.2) is 48.5 Å². The van der Waals surface area contributed by atoms with Crippen LogP contribution in [0, 0.1) is 12.7 Å². The van der Waals surface area contributed by atoms with Crippen molar-refractivity contribution in [1.29, 1.82) is 0 Å². The van der Waals surface area contributed by atoms with Crippen LogP contribution in [0.2, 0.25) is 10.0 Å². The van der Waals surface area contributed by atoms with Gasteiger partial charge in [-0.25, -0.2) is 4.39 Å². The molecular weight excluding hydrogens is 502 g/mol. The van der Waals surface area contributed by atoms with Crippen LogP contribution in [0.5, 0.6) is 11.5 Å². The summed E-state index contributed by atoms with van der Waals surface area (Å²) >= 11 is 13.0. The number of pyridine rings is 1. The average Bonchev–Trinajstić information content (AvgIpc) is 3.27. The van der Waals surface area contributed by atoms with E-state index in [1.165, 1.54) is 19.2 Å². The molecule has 0 unspecified atom stereocenters. The molecule has 0 aliphatic heterocycles. The van der Waals surface area contributed by atoms with Crippen LogP contribution in [-0.4, -0.2) is 28.2 Å². The molecule has 4 aromatic rings. The van der Waals surface area contributed by atoms with E-state index in [-0.39, 0.29) is 39.3 Å². The summed E-state index contributed by atoms with van der Waals surface area (Å²) in [6, 6.07) is 13.0. The van der Waals surface area contributed by atoms with E-state index in [0.717, 1.165) is 11.3 Å². The minimum absolute atomic E-state index is 0.00170. The molecule has 0 radical (unpaired) electrons. The van der Waals surface area contributed by atoms with Crippen molar-refractivity contribution in [3.05, 3.63) is 80.7 Å². The Bertz CT molecular complexity index is 1350. The van der Waals surface area contributed by atoms with Gasteiger partial charge in [0.1, 0.15) is 18.1 Å². The van der Waals surface area contributed by atoms with Gasteiger partial charge in [0.15, 0.2) is 10.8 Å². The van der Waals surface area contributed by atoms with Gasteiger partial charge in [0.05, 0.1) is 29.0 Å². The monoisotopic (exact) mass is 518 g/mol. The number of nitrogens with one attached hydrogen (secondary N) is 1. The highest BCUT2D eigenvalue weighted by Gasteiger charge is 2.23. The number of benzene rings is 2. The first-order valence-corrected chi connectivity index (χ1v) is 11.4. The molecule has 2 aromatic carbocycles. The summed E-state index contributed by atoms with van der Waals surface area (Å²) in [5.41, 5.74) is 0.813. The maximum atomic E-state index is 15.0. The number of aryl methyl sites for hydroxylation is 1. The molecule has 0 saturated heterocycles. The second-order valence-electron chi connectivity index (χ2n) is 6.99. The molecule has 2 heterocycles. The molecule has 11 heteroatoms. The first-order chi connectivity index (χ1) is 16.4. The molecule has 7 nitrogen and oxygen atoms in total. The largest absolute Gasteiger partial charge is 0.496 e. The number of amides is 1. The first kappa shape index (κ1) is 23.9. The first-order valence-electron chi connectivity index (χ1n) is 9.88. The second kappa shape index (κ2) is 10.3. The summed E-state index contributed by atoms with van der Waals surface area (Å²) in [6.45, 7) is 1.90. The number of halogens is 3. The Morgan fingerprint density at radius 2 is 1.85 bits per heavy atom. The summed E-state index contributed by atoms with van der Waals surface area (Å²) < 4.78 is 25.9. The Kier molecular flexibility index (Phi) is 7.26. The van der Waals surface area contributed by atoms with Gasteiger partial charge in [0.25, 0.3) is 5.91 Å². The average molecular weight is 519 g/mol. The summed E-state index contributed by atoms with van der Waals surface area (Å²) in [5.74, 6) is -0.444. The lowest BCUT2D eigenvalue weighted by atomic mass is 10.0. The van der Waals surface area contributed by atoms with Crippen molar-refractivity contribution < 1.29 is 18.7 Å². The zero-order chi connectivity index (χ0) is 24.2. The maximum absolute atomic E-state index is 15.0. The molecule has 34 heavy (non-hydrogen) atoms. The van der Waals surface area contributed by atoms with Gasteiger partial charge in [-0.1, -0.05) is 34.5 Å². The Labute approximate surface area is 208 Å². The van der Waals surface area contributed by atoms with Gasteiger partial charge >= 0.3 is 0 Å². The summed E-state index contributed by atoms with van der Waals surface area (Å²) in [5, 5.41) is 12.0. The molecule has 0 saturated carbocycles. The van der Waals surface area contributed by atoms with Gasteiger partial charge in [0.2, 0.25) is 5.13 Å². The summed E-state index contributed by atoms with van der Waals surface area (Å²) in [6.07, 6.45) is 0. The molecule has 0 aliphatic carbocycles. The highest BCUT2D eigenvalue weighted by Crippen LogP contribution is 2.37. The molecule has 0 atom stereocenters. The fourth-order valence-electron chi connectivity index (χ4n) is 3.06. The third-order valence-electron chi connectivity index (χ3n) is 4.66. The van der Waals surface area contributed by atoms with Crippen molar-refractivity contribution in [2.45, 2.75) is 13.5 Å². The van der Waals surface area contributed by atoms with Crippen LogP contribution in [0.1, 0.15) is 21.1 Å². The molecule has 1 amide bonds. The van der Waals surface area contributed by atoms with Crippen molar-refractivity contribution in [1.82, 2.24) is 15.2 Å². The van der Waals surface area contributed by atoms with E-state index in [2.05, 4.69) is 20.5 Å². The van der Waals surface area contributed by atoms with Gasteiger partial charge in [0, 0.05) is 10.7 Å². The van der Waals surface area contributed by atoms with Gasteiger partial charge in [-0.15, -0.1) is 10.2 Å². The van der Waals surface area contributed by atoms with E-state index >= 15 is 0 Å². The normalized spacial score (nSPS) is 10.7. The summed E-state index contributed by atoms with van der Waals surface area (Å²) in [4.78, 5) is 17.5. The number of hydrogen-bond acceptors (Lipinski definition) is 7. The topological polar surface area (TPSA) is 86.2 Å². The Hall–Kier alpha value is -3.27. The number of carbonyl (C=O) groups excluding carboxylic acids is 1. The Balaban J connectivity index is 1.56. The van der Waals surface area contributed by atoms with Crippen LogP contribution in [0.3, 0.4) is 0 Å². The third kappa shape index (κ3) is 5.27. The van der Waals surface area contributed by atoms with Crippen molar-refractivity contribution >= 4 is 45.6 Å². The number of ether oxygens (including phenoxy) is 2. The molecular formula is C23H17Cl2FN4O3S. The van der Waals surface area contributed by atoms with Crippen molar-refractivity contribution in [3.8, 4) is 22.8 Å². The van der Waals surface area contributed by atoms with Crippen LogP contribution >= 0.6 is 34.5 Å². The van der Waals surface area contributed by atoms with E-state index in [4.69, 9.17) is 32.7 Å². The number of aromatic nitrogens is 3. The van der Waals surface area contributed by atoms with Crippen LogP contribution in [0.4, 0.5) is 9.52 Å². The number of rotatable bonds is 7. The number of hydrogen-bond donors (Lipinski definition) is 1. The smallest absolute Gasteiger partial charge is 0.259 e. The SMILES string of the molecule is COc1ccc(Cl)c(F)c1-c1nc(C)ccc1C(=O)Nc1nnc(COc2ccc(Cl)cc2)s1. The highest BCUT2D eigenvalue weighted by atomic mass is 35.5. The molecule has 1 N–H and O–H groups in total. The van der Waals surface area contributed by atoms with Crippen molar-refractivity contribution in [2.75, 3.05) is 12.4 Å². The zero-order valence-corrected chi connectivity index (χ0v) is 20.3. The standard InChI is InChI=1S/C23H17Cl2FN4O3S/c1-12-3-8-15(21(27-12)19-17(32-2)10-9-16(25)20(19)26)22(31)28-23-30-29-18(34-23)11-33-14-6-4-13(24)5-7-14/h3-10H,11H2,1-2H3,(H,28,30,31). The summed E-state index contributed by atoms with van der Waals surface area (Å²) in [7, 11) is 1.40. The number of carbonyl (C=O) groups is 1. The maximum Gasteiger partial charge on any atom is 0.259 e. The van der Waals surface area contributed by atoms with Gasteiger partial charge in [-0.05, 0) is 55.5 Å². The quantitative estimate of drug-likeness (QED) is 0.313. The van der Waals surface area contributed by atoms with E-state index < -0.39 is 11.7 Å². The van der Waals surface area contributed by atoms with E-state index in [9.17, 15) is 9.18 Å². The zero-order valence-electron chi connectivity index (χ0n) is 17.9. The lowest BCUT2D eigenvalue weighted by Gasteiger charge is -2.14. The fraction of sp³-hybridized carbons (Fsp3) is 0.130. The van der Waals surface area contributed by atoms with E-state index in [0.29, 0.717) is 21.5 Å². The van der Waals surface area contributed by atoms with E-state index in [1.54, 1.807) is 43.3 Å². The minimum atomic E-state index is -0.731. The predicted molar refractivity (Wildman–Crippen MR) is 130 cm³/mol. The Morgan fingerprint density at radius 3 is 2.59 bits per heavy atom. The Morgan fingerprint density at radius 1 is 1.09 bits per heavy atom. The van der Waals surface area contributed by atoms with Gasteiger partial charge < -0.3 is 9.47 Å². The lowest BCUT2D eigenvalue weighted by molar-refractivity contribution is 0.102. The van der Waals surface area contributed by atoms with Crippen LogP contribution < -0.4 is 14.8 Å². The number of methoxy groups -OCH3 is 1. The molecule has 2 aromatic heterocycles. The van der Waals surface area contributed by atoms with Crippen molar-refractivity contribution in [3.63, 3.8) is 0 Å². The molecule has 0 aliphatic rings. The van der Waals surface area contributed by atoms with Gasteiger partial charge in [-0.2, -0.15) is 0 Å². The predicted octanol–water partition coefficient (Wildman–Crippen LogP) is 6.19. The fourth-order valence-corrected chi connectivity index (χ4v) is 3.99. The molecule has 0 spiro atoms. The van der Waals surface area contributed by atoms with Crippen LogP contribution in [0.25, 0.3) is 11.3 Å². The second-order valence-corrected chi connectivity index (χ2v) is 8.89. The number of anilines is 1. The van der Waals surface area contributed by atoms with Crippen molar-refractivity contribution in [2.24, 2.45) is 0 Å². The molecule has 174 valence electrons. The minimum Gasteiger partial charge on any atom is -0.496 e.